The Balaban J connectivity index is 1.65. The lowest BCUT2D eigenvalue weighted by molar-refractivity contribution is 0.102. The summed E-state index contributed by atoms with van der Waals surface area (Å²) in [7, 11) is 0. The molecule has 1 aromatic heterocycles. The van der Waals surface area contributed by atoms with Crippen LogP contribution in [0.5, 0.6) is 5.75 Å². The molecule has 0 radical (unpaired) electrons. The molecule has 1 aliphatic rings. The minimum Gasteiger partial charge on any atom is -0.492 e. The number of carbonyl (C=O) groups excluding carboxylic acids is 1. The molecule has 5 nitrogen and oxygen atoms in total. The summed E-state index contributed by atoms with van der Waals surface area (Å²) in [4.78, 5) is 17.8. The highest BCUT2D eigenvalue weighted by atomic mass is 16.5. The van der Waals surface area contributed by atoms with E-state index < -0.39 is 0 Å². The maximum atomic E-state index is 13.4. The summed E-state index contributed by atoms with van der Waals surface area (Å²) in [5.41, 5.74) is 7.62. The van der Waals surface area contributed by atoms with Gasteiger partial charge >= 0.3 is 0 Å². The van der Waals surface area contributed by atoms with Gasteiger partial charge in [0, 0.05) is 29.7 Å². The van der Waals surface area contributed by atoms with Gasteiger partial charge in [0.1, 0.15) is 11.3 Å². The van der Waals surface area contributed by atoms with Crippen molar-refractivity contribution in [3.8, 4) is 16.9 Å². The minimum atomic E-state index is -0.213. The zero-order chi connectivity index (χ0) is 24.1. The molecule has 0 saturated carbocycles. The Bertz CT molecular complexity index is 1130. The third-order valence-electron chi connectivity index (χ3n) is 6.28. The molecular formula is C29H35N3O2. The van der Waals surface area contributed by atoms with E-state index in [1.54, 1.807) is 12.4 Å². The van der Waals surface area contributed by atoms with Crippen LogP contribution in [0.4, 0.5) is 5.69 Å². The summed E-state index contributed by atoms with van der Waals surface area (Å²) in [6.45, 7) is 9.82. The van der Waals surface area contributed by atoms with Crippen molar-refractivity contribution in [2.45, 2.75) is 59.4 Å². The standard InChI is InChI=1S/C29H35N3O2/c1-19-11-20(2)14-23(13-19)26-17-30-18-27(28(26)34-10-8-24-7-5-6-9-31-24)29(33)32-25-15-21(3)12-22(4)16-25/h11-18,24,31H,5-10H2,1-4H3,(H,32,33). The Kier molecular flexibility index (Phi) is 7.63. The van der Waals surface area contributed by atoms with E-state index in [2.05, 4.69) is 53.7 Å². The summed E-state index contributed by atoms with van der Waals surface area (Å²) in [5, 5.41) is 6.63. The highest BCUT2D eigenvalue weighted by Crippen LogP contribution is 2.34. The van der Waals surface area contributed by atoms with E-state index in [0.29, 0.717) is 24.0 Å². The molecule has 0 spiro atoms. The van der Waals surface area contributed by atoms with Gasteiger partial charge in [-0.25, -0.2) is 0 Å². The first-order valence-electron chi connectivity index (χ1n) is 12.2. The summed E-state index contributed by atoms with van der Waals surface area (Å²) in [6, 6.07) is 12.9. The maximum Gasteiger partial charge on any atom is 0.261 e. The second-order valence-electron chi connectivity index (χ2n) is 9.55. The summed E-state index contributed by atoms with van der Waals surface area (Å²) in [5.74, 6) is 0.382. The Labute approximate surface area is 203 Å². The molecule has 4 rings (SSSR count). The van der Waals surface area contributed by atoms with Crippen LogP contribution in [-0.4, -0.2) is 30.1 Å². The van der Waals surface area contributed by atoms with Gasteiger partial charge in [0.2, 0.25) is 0 Å². The number of anilines is 1. The zero-order valence-corrected chi connectivity index (χ0v) is 20.7. The van der Waals surface area contributed by atoms with Crippen molar-refractivity contribution in [1.82, 2.24) is 10.3 Å². The van der Waals surface area contributed by atoms with Gasteiger partial charge in [-0.15, -0.1) is 0 Å². The van der Waals surface area contributed by atoms with Crippen LogP contribution in [0.25, 0.3) is 11.1 Å². The molecule has 1 fully saturated rings. The quantitative estimate of drug-likeness (QED) is 0.447. The number of nitrogens with zero attached hydrogens (tertiary/aromatic N) is 1. The van der Waals surface area contributed by atoms with Gasteiger partial charge in [0.25, 0.3) is 5.91 Å². The number of piperidine rings is 1. The Morgan fingerprint density at radius 2 is 1.65 bits per heavy atom. The van der Waals surface area contributed by atoms with Crippen LogP contribution in [0, 0.1) is 27.7 Å². The monoisotopic (exact) mass is 457 g/mol. The van der Waals surface area contributed by atoms with Gasteiger partial charge in [0.05, 0.1) is 6.61 Å². The lowest BCUT2D eigenvalue weighted by Gasteiger charge is -2.24. The van der Waals surface area contributed by atoms with Gasteiger partial charge in [0.15, 0.2) is 0 Å². The normalized spacial score (nSPS) is 15.7. The number of nitrogens with one attached hydrogen (secondary N) is 2. The van der Waals surface area contributed by atoms with Crippen molar-refractivity contribution in [3.63, 3.8) is 0 Å². The van der Waals surface area contributed by atoms with Crippen LogP contribution in [-0.2, 0) is 0 Å². The molecule has 34 heavy (non-hydrogen) atoms. The Hall–Kier alpha value is -3.18. The molecular weight excluding hydrogens is 422 g/mol. The average Bonchev–Trinajstić information content (AvgIpc) is 2.78. The first kappa shape index (κ1) is 24.0. The number of amides is 1. The SMILES string of the molecule is Cc1cc(C)cc(NC(=O)c2cncc(-c3cc(C)cc(C)c3)c2OCCC2CCCCN2)c1. The smallest absolute Gasteiger partial charge is 0.261 e. The predicted octanol–water partition coefficient (Wildman–Crippen LogP) is 6.15. The summed E-state index contributed by atoms with van der Waals surface area (Å²) >= 11 is 0. The predicted molar refractivity (Wildman–Crippen MR) is 139 cm³/mol. The van der Waals surface area contributed by atoms with E-state index in [4.69, 9.17) is 4.74 Å². The van der Waals surface area contributed by atoms with Crippen molar-refractivity contribution in [2.24, 2.45) is 0 Å². The Morgan fingerprint density at radius 1 is 0.971 bits per heavy atom. The van der Waals surface area contributed by atoms with E-state index in [-0.39, 0.29) is 5.91 Å². The number of carbonyl (C=O) groups is 1. The number of benzene rings is 2. The van der Waals surface area contributed by atoms with Crippen molar-refractivity contribution in [3.05, 3.63) is 76.6 Å². The number of pyridine rings is 1. The fraction of sp³-hybridized carbons (Fsp3) is 0.379. The molecule has 178 valence electrons. The molecule has 1 aliphatic heterocycles. The van der Waals surface area contributed by atoms with Crippen LogP contribution in [0.2, 0.25) is 0 Å². The average molecular weight is 458 g/mol. The molecule has 2 N–H and O–H groups in total. The topological polar surface area (TPSA) is 63.2 Å². The lowest BCUT2D eigenvalue weighted by Crippen LogP contribution is -2.35. The Morgan fingerprint density at radius 3 is 2.29 bits per heavy atom. The van der Waals surface area contributed by atoms with Gasteiger partial charge in [-0.05, 0) is 82.3 Å². The molecule has 1 saturated heterocycles. The molecule has 2 heterocycles. The lowest BCUT2D eigenvalue weighted by atomic mass is 9.99. The summed E-state index contributed by atoms with van der Waals surface area (Å²) < 4.78 is 6.37. The largest absolute Gasteiger partial charge is 0.492 e. The minimum absolute atomic E-state index is 0.213. The van der Waals surface area contributed by atoms with E-state index in [0.717, 1.165) is 52.0 Å². The van der Waals surface area contributed by atoms with Gasteiger partial charge in [-0.3, -0.25) is 9.78 Å². The van der Waals surface area contributed by atoms with Gasteiger partial charge < -0.3 is 15.4 Å². The number of ether oxygens (including phenoxy) is 1. The number of aryl methyl sites for hydroxylation is 4. The highest BCUT2D eigenvalue weighted by molar-refractivity contribution is 6.07. The van der Waals surface area contributed by atoms with Crippen LogP contribution < -0.4 is 15.4 Å². The van der Waals surface area contributed by atoms with Gasteiger partial charge in [-0.1, -0.05) is 41.8 Å². The second kappa shape index (κ2) is 10.8. The molecule has 0 bridgehead atoms. The molecule has 2 aromatic carbocycles. The van der Waals surface area contributed by atoms with Crippen LogP contribution in [0.3, 0.4) is 0 Å². The number of hydrogen-bond donors (Lipinski definition) is 2. The number of rotatable bonds is 7. The molecule has 1 unspecified atom stereocenters. The highest BCUT2D eigenvalue weighted by Gasteiger charge is 2.20. The molecule has 1 atom stereocenters. The van der Waals surface area contributed by atoms with E-state index in [1.807, 2.05) is 26.0 Å². The van der Waals surface area contributed by atoms with E-state index >= 15 is 0 Å². The second-order valence-corrected chi connectivity index (χ2v) is 9.55. The summed E-state index contributed by atoms with van der Waals surface area (Å²) in [6.07, 6.45) is 7.98. The van der Waals surface area contributed by atoms with Crippen molar-refractivity contribution >= 4 is 11.6 Å². The van der Waals surface area contributed by atoms with Crippen LogP contribution in [0.1, 0.15) is 58.3 Å². The van der Waals surface area contributed by atoms with E-state index in [1.165, 1.54) is 19.3 Å². The zero-order valence-electron chi connectivity index (χ0n) is 20.7. The number of hydrogen-bond acceptors (Lipinski definition) is 4. The van der Waals surface area contributed by atoms with Crippen molar-refractivity contribution in [2.75, 3.05) is 18.5 Å². The van der Waals surface area contributed by atoms with E-state index in [9.17, 15) is 4.79 Å². The number of aromatic nitrogens is 1. The fourth-order valence-corrected chi connectivity index (χ4v) is 4.82. The molecule has 5 heteroatoms. The third kappa shape index (κ3) is 6.03. The first-order chi connectivity index (χ1) is 16.4. The fourth-order valence-electron chi connectivity index (χ4n) is 4.82. The third-order valence-corrected chi connectivity index (χ3v) is 6.28. The molecule has 0 aliphatic carbocycles. The molecule has 3 aromatic rings. The van der Waals surface area contributed by atoms with Crippen LogP contribution in [0.15, 0.2) is 48.8 Å². The van der Waals surface area contributed by atoms with Crippen LogP contribution >= 0.6 is 0 Å². The van der Waals surface area contributed by atoms with Gasteiger partial charge in [-0.2, -0.15) is 0 Å². The van der Waals surface area contributed by atoms with Crippen molar-refractivity contribution in [1.29, 1.82) is 0 Å². The first-order valence-corrected chi connectivity index (χ1v) is 12.2. The van der Waals surface area contributed by atoms with Crippen molar-refractivity contribution < 1.29 is 9.53 Å². The maximum absolute atomic E-state index is 13.4. The molecule has 1 amide bonds.